The first-order chi connectivity index (χ1) is 6.63. The standard InChI is InChI=1S/C8H12N4O2/c1-5(7(13)14-2)12-8-10-3-6(9)4-11-8/h3-5H,9H2,1-2H3,(H,10,11,12). The zero-order valence-electron chi connectivity index (χ0n) is 8.02. The van der Waals surface area contributed by atoms with Crippen molar-refractivity contribution in [2.24, 2.45) is 0 Å². The van der Waals surface area contributed by atoms with Crippen LogP contribution >= 0.6 is 0 Å². The summed E-state index contributed by atoms with van der Waals surface area (Å²) in [5, 5.41) is 2.77. The molecule has 6 heteroatoms. The molecule has 76 valence electrons. The molecule has 0 aromatic carbocycles. The second-order valence-electron chi connectivity index (χ2n) is 2.73. The van der Waals surface area contributed by atoms with Crippen LogP contribution in [0, 0.1) is 0 Å². The van der Waals surface area contributed by atoms with Crippen molar-refractivity contribution < 1.29 is 9.53 Å². The SMILES string of the molecule is COC(=O)C(C)Nc1ncc(N)cn1. The molecule has 0 radical (unpaired) electrons. The molecule has 6 nitrogen and oxygen atoms in total. The first-order valence-electron chi connectivity index (χ1n) is 4.05. The minimum absolute atomic E-state index is 0.345. The molecule has 0 aliphatic rings. The number of methoxy groups -OCH3 is 1. The van der Waals surface area contributed by atoms with E-state index in [9.17, 15) is 4.79 Å². The van der Waals surface area contributed by atoms with Crippen molar-refractivity contribution in [1.82, 2.24) is 9.97 Å². The van der Waals surface area contributed by atoms with Crippen LogP contribution in [0.2, 0.25) is 0 Å². The van der Waals surface area contributed by atoms with Gasteiger partial charge in [0.05, 0.1) is 25.2 Å². The highest BCUT2D eigenvalue weighted by atomic mass is 16.5. The summed E-state index contributed by atoms with van der Waals surface area (Å²) < 4.78 is 4.53. The quantitative estimate of drug-likeness (QED) is 0.663. The van der Waals surface area contributed by atoms with E-state index < -0.39 is 6.04 Å². The Morgan fingerprint density at radius 2 is 2.14 bits per heavy atom. The third-order valence-electron chi connectivity index (χ3n) is 1.57. The van der Waals surface area contributed by atoms with Gasteiger partial charge < -0.3 is 15.8 Å². The summed E-state index contributed by atoms with van der Waals surface area (Å²) in [6.45, 7) is 1.66. The van der Waals surface area contributed by atoms with Crippen LogP contribution in [0.4, 0.5) is 11.6 Å². The van der Waals surface area contributed by atoms with E-state index in [1.54, 1.807) is 6.92 Å². The normalized spacial score (nSPS) is 11.9. The van der Waals surface area contributed by atoms with Crippen molar-refractivity contribution in [2.45, 2.75) is 13.0 Å². The van der Waals surface area contributed by atoms with Crippen LogP contribution in [0.15, 0.2) is 12.4 Å². The second-order valence-corrected chi connectivity index (χ2v) is 2.73. The Morgan fingerprint density at radius 1 is 1.57 bits per heavy atom. The Kier molecular flexibility index (Phi) is 3.22. The van der Waals surface area contributed by atoms with Crippen molar-refractivity contribution in [3.8, 4) is 0 Å². The number of rotatable bonds is 3. The number of hydrogen-bond acceptors (Lipinski definition) is 6. The summed E-state index contributed by atoms with van der Waals surface area (Å²) >= 11 is 0. The monoisotopic (exact) mass is 196 g/mol. The van der Waals surface area contributed by atoms with Gasteiger partial charge in [-0.05, 0) is 6.92 Å². The average Bonchev–Trinajstić information content (AvgIpc) is 2.20. The molecule has 1 unspecified atom stereocenters. The maximum atomic E-state index is 11.0. The number of anilines is 2. The Morgan fingerprint density at radius 3 is 2.64 bits per heavy atom. The van der Waals surface area contributed by atoms with Gasteiger partial charge >= 0.3 is 5.97 Å². The lowest BCUT2D eigenvalue weighted by Gasteiger charge is -2.10. The number of nitrogen functional groups attached to an aromatic ring is 1. The Hall–Kier alpha value is -1.85. The number of esters is 1. The van der Waals surface area contributed by atoms with E-state index in [4.69, 9.17) is 5.73 Å². The fourth-order valence-corrected chi connectivity index (χ4v) is 0.842. The molecule has 0 aliphatic heterocycles. The van der Waals surface area contributed by atoms with Gasteiger partial charge in [0.1, 0.15) is 6.04 Å². The molecule has 0 saturated heterocycles. The Bertz CT molecular complexity index is 312. The minimum atomic E-state index is -0.483. The predicted molar refractivity (Wildman–Crippen MR) is 51.5 cm³/mol. The van der Waals surface area contributed by atoms with Gasteiger partial charge in [0.25, 0.3) is 0 Å². The number of aromatic nitrogens is 2. The summed E-state index contributed by atoms with van der Waals surface area (Å²) in [6, 6.07) is -0.483. The highest BCUT2D eigenvalue weighted by Gasteiger charge is 2.13. The summed E-state index contributed by atoms with van der Waals surface area (Å²) in [4.78, 5) is 18.8. The van der Waals surface area contributed by atoms with Crippen molar-refractivity contribution in [1.29, 1.82) is 0 Å². The predicted octanol–water partition coefficient (Wildman–Crippen LogP) is 0.0322. The first-order valence-corrected chi connectivity index (χ1v) is 4.05. The van der Waals surface area contributed by atoms with Crippen molar-refractivity contribution in [3.63, 3.8) is 0 Å². The molecule has 0 bridgehead atoms. The molecule has 3 N–H and O–H groups in total. The fraction of sp³-hybridized carbons (Fsp3) is 0.375. The summed E-state index contributed by atoms with van der Waals surface area (Å²) in [7, 11) is 1.32. The molecule has 0 fully saturated rings. The van der Waals surface area contributed by atoms with Crippen molar-refractivity contribution in [3.05, 3.63) is 12.4 Å². The van der Waals surface area contributed by atoms with Gasteiger partial charge in [-0.3, -0.25) is 0 Å². The molecule has 1 aromatic rings. The van der Waals surface area contributed by atoms with Gasteiger partial charge in [0, 0.05) is 0 Å². The van der Waals surface area contributed by atoms with Crippen LogP contribution in [0.5, 0.6) is 0 Å². The largest absolute Gasteiger partial charge is 0.467 e. The van der Waals surface area contributed by atoms with Crippen LogP contribution in [0.3, 0.4) is 0 Å². The molecule has 0 aliphatic carbocycles. The number of nitrogens with two attached hydrogens (primary N) is 1. The van der Waals surface area contributed by atoms with Crippen LogP contribution in [0.1, 0.15) is 6.92 Å². The smallest absolute Gasteiger partial charge is 0.328 e. The minimum Gasteiger partial charge on any atom is -0.467 e. The zero-order chi connectivity index (χ0) is 10.6. The third kappa shape index (κ3) is 2.58. The van der Waals surface area contributed by atoms with Gasteiger partial charge in [0.2, 0.25) is 5.95 Å². The number of hydrogen-bond donors (Lipinski definition) is 2. The molecule has 14 heavy (non-hydrogen) atoms. The van der Waals surface area contributed by atoms with Gasteiger partial charge in [-0.15, -0.1) is 0 Å². The van der Waals surface area contributed by atoms with E-state index in [2.05, 4.69) is 20.0 Å². The van der Waals surface area contributed by atoms with E-state index in [0.717, 1.165) is 0 Å². The summed E-state index contributed by atoms with van der Waals surface area (Å²) in [5.74, 6) is -0.0254. The molecule has 0 spiro atoms. The molecule has 0 amide bonds. The number of carbonyl (C=O) groups excluding carboxylic acids is 1. The van der Waals surface area contributed by atoms with Crippen LogP contribution in [-0.2, 0) is 9.53 Å². The van der Waals surface area contributed by atoms with Crippen molar-refractivity contribution >= 4 is 17.6 Å². The third-order valence-corrected chi connectivity index (χ3v) is 1.57. The molecule has 1 rings (SSSR count). The van der Waals surface area contributed by atoms with Crippen LogP contribution in [-0.4, -0.2) is 29.1 Å². The van der Waals surface area contributed by atoms with Crippen LogP contribution < -0.4 is 11.1 Å². The van der Waals surface area contributed by atoms with Gasteiger partial charge in [-0.2, -0.15) is 0 Å². The zero-order valence-corrected chi connectivity index (χ0v) is 8.02. The number of carbonyl (C=O) groups is 1. The molecule has 1 atom stereocenters. The van der Waals surface area contributed by atoms with E-state index in [-0.39, 0.29) is 5.97 Å². The summed E-state index contributed by atoms with van der Waals surface area (Å²) in [6.07, 6.45) is 2.92. The number of nitrogens with one attached hydrogen (secondary N) is 1. The molecular weight excluding hydrogens is 184 g/mol. The molecule has 0 saturated carbocycles. The topological polar surface area (TPSA) is 90.1 Å². The lowest BCUT2D eigenvalue weighted by atomic mass is 10.3. The van der Waals surface area contributed by atoms with E-state index in [1.165, 1.54) is 19.5 Å². The lowest BCUT2D eigenvalue weighted by Crippen LogP contribution is -2.28. The molecule has 1 aromatic heterocycles. The van der Waals surface area contributed by atoms with E-state index in [0.29, 0.717) is 11.6 Å². The fourth-order valence-electron chi connectivity index (χ4n) is 0.842. The van der Waals surface area contributed by atoms with Crippen LogP contribution in [0.25, 0.3) is 0 Å². The van der Waals surface area contributed by atoms with E-state index >= 15 is 0 Å². The average molecular weight is 196 g/mol. The summed E-state index contributed by atoms with van der Waals surface area (Å²) in [5.41, 5.74) is 5.87. The van der Waals surface area contributed by atoms with Gasteiger partial charge in [0.15, 0.2) is 0 Å². The second kappa shape index (κ2) is 4.40. The van der Waals surface area contributed by atoms with Gasteiger partial charge in [-0.1, -0.05) is 0 Å². The molecular formula is C8H12N4O2. The highest BCUT2D eigenvalue weighted by Crippen LogP contribution is 2.02. The van der Waals surface area contributed by atoms with E-state index in [1.807, 2.05) is 0 Å². The number of nitrogens with zero attached hydrogens (tertiary/aromatic N) is 2. The first kappa shape index (κ1) is 10.2. The maximum Gasteiger partial charge on any atom is 0.328 e. The lowest BCUT2D eigenvalue weighted by molar-refractivity contribution is -0.141. The number of ether oxygens (including phenoxy) is 1. The van der Waals surface area contributed by atoms with Gasteiger partial charge in [-0.25, -0.2) is 14.8 Å². The molecule has 1 heterocycles. The maximum absolute atomic E-state index is 11.0. The van der Waals surface area contributed by atoms with Crippen molar-refractivity contribution in [2.75, 3.05) is 18.2 Å². The Balaban J connectivity index is 2.60. The highest BCUT2D eigenvalue weighted by molar-refractivity contribution is 5.77. The Labute approximate surface area is 81.5 Å².